The largest absolute Gasteiger partial charge is 0.416 e. The maximum absolute atomic E-state index is 12.9. The van der Waals surface area contributed by atoms with E-state index in [0.717, 1.165) is 12.1 Å². The van der Waals surface area contributed by atoms with Crippen molar-refractivity contribution in [1.82, 2.24) is 5.32 Å². The Balaban J connectivity index is 3.10. The molecule has 3 N–H and O–H groups in total. The Morgan fingerprint density at radius 3 is 2.53 bits per heavy atom. The van der Waals surface area contributed by atoms with Crippen molar-refractivity contribution in [2.45, 2.75) is 12.6 Å². The van der Waals surface area contributed by atoms with Gasteiger partial charge in [0.2, 0.25) is 5.91 Å². The van der Waals surface area contributed by atoms with Crippen LogP contribution < -0.4 is 11.1 Å². The average molecular weight is 278 g/mol. The molecule has 1 aromatic carbocycles. The van der Waals surface area contributed by atoms with Crippen molar-refractivity contribution in [3.05, 3.63) is 35.1 Å². The minimum atomic E-state index is -4.67. The number of amides is 1. The van der Waals surface area contributed by atoms with E-state index in [1.807, 2.05) is 0 Å². The first-order chi connectivity index (χ1) is 8.79. The summed E-state index contributed by atoms with van der Waals surface area (Å²) in [6.07, 6.45) is -4.86. The molecule has 1 aromatic rings. The fraction of sp³-hybridized carbons (Fsp3) is 0.417. The van der Waals surface area contributed by atoms with Gasteiger partial charge in [0.05, 0.1) is 11.5 Å². The Kier molecular flexibility index (Phi) is 4.88. The molecular formula is C12H14F4N2O. The van der Waals surface area contributed by atoms with Gasteiger partial charge in [0.25, 0.3) is 0 Å². The summed E-state index contributed by atoms with van der Waals surface area (Å²) >= 11 is 0. The van der Waals surface area contributed by atoms with Gasteiger partial charge in [-0.05, 0) is 24.1 Å². The SMILES string of the molecule is CNC(=O)C(CN)Cc1ccc(F)cc1C(F)(F)F. The minimum Gasteiger partial charge on any atom is -0.359 e. The highest BCUT2D eigenvalue weighted by Crippen LogP contribution is 2.33. The highest BCUT2D eigenvalue weighted by atomic mass is 19.4. The van der Waals surface area contributed by atoms with Gasteiger partial charge in [0, 0.05) is 13.6 Å². The molecule has 1 amide bonds. The van der Waals surface area contributed by atoms with E-state index in [2.05, 4.69) is 5.32 Å². The lowest BCUT2D eigenvalue weighted by molar-refractivity contribution is -0.138. The lowest BCUT2D eigenvalue weighted by atomic mass is 9.94. The summed E-state index contributed by atoms with van der Waals surface area (Å²) < 4.78 is 51.2. The minimum absolute atomic E-state index is 0.0889. The van der Waals surface area contributed by atoms with E-state index in [-0.39, 0.29) is 18.5 Å². The van der Waals surface area contributed by atoms with E-state index < -0.39 is 29.4 Å². The topological polar surface area (TPSA) is 55.1 Å². The normalized spacial score (nSPS) is 13.2. The molecule has 0 fully saturated rings. The Hall–Kier alpha value is -1.63. The van der Waals surface area contributed by atoms with Crippen molar-refractivity contribution in [3.8, 4) is 0 Å². The highest BCUT2D eigenvalue weighted by Gasteiger charge is 2.34. The van der Waals surface area contributed by atoms with Gasteiger partial charge in [-0.2, -0.15) is 13.2 Å². The molecule has 1 rings (SSSR count). The third-order valence-electron chi connectivity index (χ3n) is 2.75. The number of hydrogen-bond acceptors (Lipinski definition) is 2. The van der Waals surface area contributed by atoms with Gasteiger partial charge in [-0.15, -0.1) is 0 Å². The maximum atomic E-state index is 12.9. The van der Waals surface area contributed by atoms with Crippen LogP contribution in [-0.4, -0.2) is 19.5 Å². The van der Waals surface area contributed by atoms with E-state index in [1.165, 1.54) is 7.05 Å². The number of benzene rings is 1. The summed E-state index contributed by atoms with van der Waals surface area (Å²) in [5, 5.41) is 2.33. The predicted octanol–water partition coefficient (Wildman–Crippen LogP) is 1.71. The van der Waals surface area contributed by atoms with Gasteiger partial charge in [0.15, 0.2) is 0 Å². The Bertz CT molecular complexity index is 460. The smallest absolute Gasteiger partial charge is 0.359 e. The van der Waals surface area contributed by atoms with Crippen LogP contribution in [0.15, 0.2) is 18.2 Å². The van der Waals surface area contributed by atoms with Gasteiger partial charge < -0.3 is 11.1 Å². The molecule has 7 heteroatoms. The molecular weight excluding hydrogens is 264 g/mol. The number of alkyl halides is 3. The molecule has 0 aliphatic carbocycles. The summed E-state index contributed by atoms with van der Waals surface area (Å²) in [4.78, 5) is 11.4. The number of carbonyl (C=O) groups excluding carboxylic acids is 1. The first-order valence-corrected chi connectivity index (χ1v) is 5.57. The maximum Gasteiger partial charge on any atom is 0.416 e. The van der Waals surface area contributed by atoms with E-state index >= 15 is 0 Å². The molecule has 0 saturated carbocycles. The van der Waals surface area contributed by atoms with Crippen molar-refractivity contribution in [2.24, 2.45) is 11.7 Å². The summed E-state index contributed by atoms with van der Waals surface area (Å²) in [5.74, 6) is -2.20. The molecule has 0 saturated heterocycles. The first kappa shape index (κ1) is 15.4. The summed E-state index contributed by atoms with van der Waals surface area (Å²) in [7, 11) is 1.38. The highest BCUT2D eigenvalue weighted by molar-refractivity contribution is 5.78. The second-order valence-corrected chi connectivity index (χ2v) is 4.05. The predicted molar refractivity (Wildman–Crippen MR) is 61.7 cm³/mol. The van der Waals surface area contributed by atoms with E-state index in [0.29, 0.717) is 6.07 Å². The lowest BCUT2D eigenvalue weighted by Gasteiger charge is -2.17. The van der Waals surface area contributed by atoms with Crippen molar-refractivity contribution >= 4 is 5.91 Å². The van der Waals surface area contributed by atoms with Crippen LogP contribution in [0.2, 0.25) is 0 Å². The number of carbonyl (C=O) groups is 1. The zero-order valence-corrected chi connectivity index (χ0v) is 10.2. The van der Waals surface area contributed by atoms with Crippen molar-refractivity contribution in [2.75, 3.05) is 13.6 Å². The van der Waals surface area contributed by atoms with Crippen molar-refractivity contribution in [3.63, 3.8) is 0 Å². The Labute approximate surface area is 107 Å². The van der Waals surface area contributed by atoms with Crippen LogP contribution >= 0.6 is 0 Å². The standard InChI is InChI=1S/C12H14F4N2O/c1-18-11(19)8(6-17)4-7-2-3-9(13)5-10(7)12(14,15)16/h2-3,5,8H,4,6,17H2,1H3,(H,18,19). The molecule has 1 unspecified atom stereocenters. The van der Waals surface area contributed by atoms with Crippen LogP contribution in [0.5, 0.6) is 0 Å². The van der Waals surface area contributed by atoms with Crippen LogP contribution in [0.3, 0.4) is 0 Å². The second-order valence-electron chi connectivity index (χ2n) is 4.05. The quantitative estimate of drug-likeness (QED) is 0.824. The van der Waals surface area contributed by atoms with E-state index in [9.17, 15) is 22.4 Å². The molecule has 19 heavy (non-hydrogen) atoms. The van der Waals surface area contributed by atoms with Crippen molar-refractivity contribution in [1.29, 1.82) is 0 Å². The fourth-order valence-corrected chi connectivity index (χ4v) is 1.74. The van der Waals surface area contributed by atoms with Crippen LogP contribution in [0.1, 0.15) is 11.1 Å². The lowest BCUT2D eigenvalue weighted by Crippen LogP contribution is -2.34. The molecule has 0 aliphatic rings. The number of hydrogen-bond donors (Lipinski definition) is 2. The van der Waals surface area contributed by atoms with Gasteiger partial charge in [-0.1, -0.05) is 6.07 Å². The number of nitrogens with two attached hydrogens (primary N) is 1. The van der Waals surface area contributed by atoms with Crippen LogP contribution in [0.4, 0.5) is 17.6 Å². The molecule has 0 radical (unpaired) electrons. The zero-order chi connectivity index (χ0) is 14.6. The molecule has 0 bridgehead atoms. The second kappa shape index (κ2) is 6.01. The van der Waals surface area contributed by atoms with Crippen molar-refractivity contribution < 1.29 is 22.4 Å². The molecule has 0 spiro atoms. The first-order valence-electron chi connectivity index (χ1n) is 5.57. The third kappa shape index (κ3) is 3.92. The van der Waals surface area contributed by atoms with Gasteiger partial charge in [0.1, 0.15) is 5.82 Å². The molecule has 106 valence electrons. The van der Waals surface area contributed by atoms with Crippen LogP contribution in [0, 0.1) is 11.7 Å². The fourth-order valence-electron chi connectivity index (χ4n) is 1.74. The van der Waals surface area contributed by atoms with Crippen LogP contribution in [0.25, 0.3) is 0 Å². The third-order valence-corrected chi connectivity index (χ3v) is 2.75. The number of nitrogens with one attached hydrogen (secondary N) is 1. The molecule has 3 nitrogen and oxygen atoms in total. The molecule has 0 aliphatic heterocycles. The summed E-state index contributed by atoms with van der Waals surface area (Å²) in [6.45, 7) is -0.0889. The average Bonchev–Trinajstić information content (AvgIpc) is 2.35. The molecule has 1 atom stereocenters. The van der Waals surface area contributed by atoms with Gasteiger partial charge in [-0.3, -0.25) is 4.79 Å². The summed E-state index contributed by atoms with van der Waals surface area (Å²) in [5.41, 5.74) is 4.15. The van der Waals surface area contributed by atoms with Gasteiger partial charge in [-0.25, -0.2) is 4.39 Å². The Morgan fingerprint density at radius 2 is 2.05 bits per heavy atom. The zero-order valence-electron chi connectivity index (χ0n) is 10.2. The Morgan fingerprint density at radius 1 is 1.42 bits per heavy atom. The summed E-state index contributed by atoms with van der Waals surface area (Å²) in [6, 6.07) is 2.39. The number of rotatable bonds is 4. The van der Waals surface area contributed by atoms with Crippen LogP contribution in [-0.2, 0) is 17.4 Å². The van der Waals surface area contributed by atoms with Gasteiger partial charge >= 0.3 is 6.18 Å². The number of halogens is 4. The van der Waals surface area contributed by atoms with E-state index in [1.54, 1.807) is 0 Å². The molecule has 0 heterocycles. The van der Waals surface area contributed by atoms with E-state index in [4.69, 9.17) is 5.73 Å². The molecule has 0 aromatic heterocycles. The monoisotopic (exact) mass is 278 g/mol.